The maximum absolute atomic E-state index is 12.0. The number of imide groups is 1. The average molecular weight is 644 g/mol. The summed E-state index contributed by atoms with van der Waals surface area (Å²) in [5.41, 5.74) is 0. The van der Waals surface area contributed by atoms with Crippen molar-refractivity contribution < 1.29 is 52.8 Å². The van der Waals surface area contributed by atoms with Gasteiger partial charge in [-0.1, -0.05) is 6.92 Å². The van der Waals surface area contributed by atoms with E-state index in [1.54, 1.807) is 0 Å². The zero-order valence-corrected chi connectivity index (χ0v) is 26.3. The van der Waals surface area contributed by atoms with Crippen molar-refractivity contribution in [2.75, 3.05) is 72.9 Å². The first-order chi connectivity index (χ1) is 21.7. The van der Waals surface area contributed by atoms with Crippen molar-refractivity contribution in [1.82, 2.24) is 26.2 Å². The number of carbonyl (C=O) groups is 6. The lowest BCUT2D eigenvalue weighted by Crippen LogP contribution is -2.36. The maximum atomic E-state index is 12.0. The number of carbonyl (C=O) groups excluding carboxylic acids is 6. The van der Waals surface area contributed by atoms with Crippen LogP contribution in [0.4, 0.5) is 0 Å². The Hall–Kier alpha value is -3.44. The molecule has 16 heteroatoms. The van der Waals surface area contributed by atoms with Gasteiger partial charge < -0.3 is 45.3 Å². The van der Waals surface area contributed by atoms with Crippen LogP contribution in [0.25, 0.3) is 0 Å². The summed E-state index contributed by atoms with van der Waals surface area (Å²) in [6, 6.07) is 0. The molecule has 0 fully saturated rings. The smallest absolute Gasteiger partial charge is 0.253 e. The molecule has 0 aromatic carbocycles. The first kappa shape index (κ1) is 39.6. The molecule has 0 saturated carbocycles. The van der Waals surface area contributed by atoms with Gasteiger partial charge in [0.15, 0.2) is 6.29 Å². The third kappa shape index (κ3) is 19.5. The third-order valence-corrected chi connectivity index (χ3v) is 6.43. The highest BCUT2D eigenvalue weighted by atomic mass is 16.7. The molecule has 2 atom stereocenters. The van der Waals surface area contributed by atoms with Crippen molar-refractivity contribution in [2.45, 2.75) is 64.3 Å². The Morgan fingerprint density at radius 1 is 0.756 bits per heavy atom. The fourth-order valence-corrected chi connectivity index (χ4v) is 3.84. The topological polar surface area (TPSA) is 211 Å². The summed E-state index contributed by atoms with van der Waals surface area (Å²) in [5, 5.41) is 19.9. The van der Waals surface area contributed by atoms with Gasteiger partial charge in [0.1, 0.15) is 0 Å². The lowest BCUT2D eigenvalue weighted by molar-refractivity contribution is -0.168. The number of amides is 6. The SMILES string of the molecule is CCC(CO)OC(CCCC(=O)NCCC(=O)NCCNC(=O)CCOCCOCCNC(=O)CCN1C(=O)C=CC1=O)OC. The predicted molar refractivity (Wildman–Crippen MR) is 160 cm³/mol. The molecule has 1 heterocycles. The molecule has 0 bridgehead atoms. The molecule has 0 saturated heterocycles. The molecule has 1 rings (SSSR count). The standard InChI is InChI=1S/C29H49N5O11/c1-3-22(21-35)45-29(42-2)6-4-5-23(36)30-12-9-24(37)31-13-14-32-26(39)11-17-43-19-20-44-18-15-33-25(38)10-16-34-27(40)7-8-28(34)41/h7-8,22,29,35H,3-6,9-21H2,1-2H3,(H,30,36)(H,31,37)(H,32,39)(H,33,38). The van der Waals surface area contributed by atoms with E-state index in [2.05, 4.69) is 21.3 Å². The van der Waals surface area contributed by atoms with Gasteiger partial charge in [-0.3, -0.25) is 33.7 Å². The van der Waals surface area contributed by atoms with Gasteiger partial charge in [-0.25, -0.2) is 0 Å². The Morgan fingerprint density at radius 2 is 1.31 bits per heavy atom. The lowest BCUT2D eigenvalue weighted by atomic mass is 10.2. The van der Waals surface area contributed by atoms with E-state index < -0.39 is 18.1 Å². The molecular weight excluding hydrogens is 594 g/mol. The Bertz CT molecular complexity index is 941. The zero-order chi connectivity index (χ0) is 33.3. The number of nitrogens with one attached hydrogen (secondary N) is 4. The van der Waals surface area contributed by atoms with Gasteiger partial charge in [0.25, 0.3) is 11.8 Å². The van der Waals surface area contributed by atoms with Crippen LogP contribution in [-0.2, 0) is 47.7 Å². The maximum Gasteiger partial charge on any atom is 0.253 e. The van der Waals surface area contributed by atoms with E-state index in [1.807, 2.05) is 6.92 Å². The van der Waals surface area contributed by atoms with Crippen molar-refractivity contribution in [3.05, 3.63) is 12.2 Å². The van der Waals surface area contributed by atoms with Crippen molar-refractivity contribution in [1.29, 1.82) is 0 Å². The molecule has 1 aliphatic heterocycles. The summed E-state index contributed by atoms with van der Waals surface area (Å²) in [5.74, 6) is -1.80. The van der Waals surface area contributed by atoms with Crippen molar-refractivity contribution in [2.24, 2.45) is 0 Å². The largest absolute Gasteiger partial charge is 0.394 e. The monoisotopic (exact) mass is 643 g/mol. The second kappa shape index (κ2) is 24.8. The number of nitrogens with zero attached hydrogens (tertiary/aromatic N) is 1. The summed E-state index contributed by atoms with van der Waals surface area (Å²) >= 11 is 0. The molecule has 0 aromatic rings. The minimum absolute atomic E-state index is 0.0121. The molecule has 5 N–H and O–H groups in total. The normalized spacial score (nSPS) is 13.9. The summed E-state index contributed by atoms with van der Waals surface area (Å²) in [4.78, 5) is 71.5. The van der Waals surface area contributed by atoms with Crippen LogP contribution in [0.15, 0.2) is 12.2 Å². The Kier molecular flexibility index (Phi) is 21.8. The minimum atomic E-state index is -0.492. The molecule has 1 aliphatic rings. The Labute approximate surface area is 263 Å². The van der Waals surface area contributed by atoms with E-state index in [-0.39, 0.29) is 121 Å². The number of rotatable bonds is 27. The molecule has 0 aromatic heterocycles. The average Bonchev–Trinajstić information content (AvgIpc) is 3.35. The van der Waals surface area contributed by atoms with Crippen LogP contribution in [0.3, 0.4) is 0 Å². The highest BCUT2D eigenvalue weighted by Crippen LogP contribution is 2.10. The van der Waals surface area contributed by atoms with E-state index in [0.717, 1.165) is 4.90 Å². The third-order valence-electron chi connectivity index (χ3n) is 6.43. The first-order valence-electron chi connectivity index (χ1n) is 15.2. The van der Waals surface area contributed by atoms with Crippen LogP contribution in [0.5, 0.6) is 0 Å². The number of aliphatic hydroxyl groups is 1. The number of methoxy groups -OCH3 is 1. The van der Waals surface area contributed by atoms with Crippen LogP contribution in [0.2, 0.25) is 0 Å². The van der Waals surface area contributed by atoms with Crippen LogP contribution in [-0.4, -0.2) is 131 Å². The van der Waals surface area contributed by atoms with Crippen molar-refractivity contribution in [3.8, 4) is 0 Å². The van der Waals surface area contributed by atoms with Crippen LogP contribution >= 0.6 is 0 Å². The fourth-order valence-electron chi connectivity index (χ4n) is 3.84. The second-order valence-corrected chi connectivity index (χ2v) is 9.94. The number of aliphatic hydroxyl groups excluding tert-OH is 1. The number of hydrogen-bond acceptors (Lipinski definition) is 11. The van der Waals surface area contributed by atoms with Gasteiger partial charge in [-0.05, 0) is 19.3 Å². The molecule has 2 unspecified atom stereocenters. The molecule has 45 heavy (non-hydrogen) atoms. The molecule has 0 radical (unpaired) electrons. The number of ether oxygens (including phenoxy) is 4. The van der Waals surface area contributed by atoms with Gasteiger partial charge >= 0.3 is 0 Å². The van der Waals surface area contributed by atoms with E-state index >= 15 is 0 Å². The lowest BCUT2D eigenvalue weighted by Gasteiger charge is -2.21. The zero-order valence-electron chi connectivity index (χ0n) is 26.3. The van der Waals surface area contributed by atoms with Gasteiger partial charge in [-0.15, -0.1) is 0 Å². The second-order valence-electron chi connectivity index (χ2n) is 9.94. The van der Waals surface area contributed by atoms with E-state index in [1.165, 1.54) is 19.3 Å². The van der Waals surface area contributed by atoms with E-state index in [0.29, 0.717) is 19.3 Å². The fraction of sp³-hybridized carbons (Fsp3) is 0.724. The Balaban J connectivity index is 1.91. The van der Waals surface area contributed by atoms with E-state index in [9.17, 15) is 33.9 Å². The van der Waals surface area contributed by atoms with Gasteiger partial charge in [0.05, 0.1) is 39.1 Å². The van der Waals surface area contributed by atoms with Crippen molar-refractivity contribution in [3.63, 3.8) is 0 Å². The molecule has 0 spiro atoms. The molecule has 0 aliphatic carbocycles. The highest BCUT2D eigenvalue weighted by Gasteiger charge is 2.23. The van der Waals surface area contributed by atoms with Crippen LogP contribution in [0, 0.1) is 0 Å². The first-order valence-corrected chi connectivity index (χ1v) is 15.2. The summed E-state index contributed by atoms with van der Waals surface area (Å²) in [7, 11) is 1.51. The van der Waals surface area contributed by atoms with Gasteiger partial charge in [0, 0.05) is 77.7 Å². The van der Waals surface area contributed by atoms with E-state index in [4.69, 9.17) is 18.9 Å². The summed E-state index contributed by atoms with van der Waals surface area (Å²) in [6.07, 6.45) is 3.77. The van der Waals surface area contributed by atoms with Crippen LogP contribution < -0.4 is 21.3 Å². The predicted octanol–water partition coefficient (Wildman–Crippen LogP) is -1.49. The molecule has 6 amide bonds. The van der Waals surface area contributed by atoms with Gasteiger partial charge in [0.2, 0.25) is 23.6 Å². The van der Waals surface area contributed by atoms with Crippen LogP contribution in [0.1, 0.15) is 51.9 Å². The summed E-state index contributed by atoms with van der Waals surface area (Å²) in [6.45, 7) is 3.81. The quantitative estimate of drug-likeness (QED) is 0.0395. The molecule has 16 nitrogen and oxygen atoms in total. The van der Waals surface area contributed by atoms with Crippen molar-refractivity contribution >= 4 is 35.4 Å². The van der Waals surface area contributed by atoms with Gasteiger partial charge in [-0.2, -0.15) is 0 Å². The Morgan fingerprint density at radius 3 is 1.93 bits per heavy atom. The summed E-state index contributed by atoms with van der Waals surface area (Å²) < 4.78 is 21.5. The molecule has 256 valence electrons. The highest BCUT2D eigenvalue weighted by molar-refractivity contribution is 6.13. The number of hydrogen-bond donors (Lipinski definition) is 5. The molecular formula is C29H49N5O11. The minimum Gasteiger partial charge on any atom is -0.394 e.